The monoisotopic (exact) mass is 182 g/mol. The molecule has 0 bridgehead atoms. The SMILES string of the molecule is CCCCCCCC=C(C)CCC. The first-order chi connectivity index (χ1) is 6.31. The first-order valence-corrected chi connectivity index (χ1v) is 5.96. The van der Waals surface area contributed by atoms with Gasteiger partial charge in [0.2, 0.25) is 0 Å². The first-order valence-electron chi connectivity index (χ1n) is 5.96. The van der Waals surface area contributed by atoms with E-state index in [0.717, 1.165) is 0 Å². The van der Waals surface area contributed by atoms with Crippen LogP contribution in [0.15, 0.2) is 11.6 Å². The Morgan fingerprint density at radius 1 is 0.923 bits per heavy atom. The van der Waals surface area contributed by atoms with Crippen molar-refractivity contribution in [2.45, 2.75) is 72.1 Å². The normalized spacial score (nSPS) is 12.1. The van der Waals surface area contributed by atoms with Gasteiger partial charge in [-0.1, -0.05) is 57.6 Å². The zero-order valence-electron chi connectivity index (χ0n) is 9.73. The van der Waals surface area contributed by atoms with E-state index in [1.807, 2.05) is 0 Å². The van der Waals surface area contributed by atoms with Gasteiger partial charge in [-0.3, -0.25) is 0 Å². The molecule has 0 nitrogen and oxygen atoms in total. The molecule has 0 saturated carbocycles. The van der Waals surface area contributed by atoms with Gasteiger partial charge in [0.1, 0.15) is 0 Å². The molecule has 0 aliphatic rings. The van der Waals surface area contributed by atoms with Crippen molar-refractivity contribution in [3.63, 3.8) is 0 Å². The van der Waals surface area contributed by atoms with Crippen LogP contribution in [0.5, 0.6) is 0 Å². The molecule has 0 amide bonds. The summed E-state index contributed by atoms with van der Waals surface area (Å²) >= 11 is 0. The van der Waals surface area contributed by atoms with Gasteiger partial charge in [-0.2, -0.15) is 0 Å². The van der Waals surface area contributed by atoms with Crippen LogP contribution in [0.2, 0.25) is 0 Å². The highest BCUT2D eigenvalue weighted by molar-refractivity contribution is 4.97. The van der Waals surface area contributed by atoms with Crippen molar-refractivity contribution in [3.05, 3.63) is 11.6 Å². The van der Waals surface area contributed by atoms with E-state index in [-0.39, 0.29) is 0 Å². The summed E-state index contributed by atoms with van der Waals surface area (Å²) in [4.78, 5) is 0. The zero-order chi connectivity index (χ0) is 9.94. The molecule has 0 spiro atoms. The largest absolute Gasteiger partial charge is 0.0856 e. The van der Waals surface area contributed by atoms with Crippen LogP contribution < -0.4 is 0 Å². The van der Waals surface area contributed by atoms with Crippen LogP contribution in [0.3, 0.4) is 0 Å². The minimum atomic E-state index is 1.29. The minimum absolute atomic E-state index is 1.29. The molecule has 0 saturated heterocycles. The fourth-order valence-electron chi connectivity index (χ4n) is 1.59. The predicted molar refractivity (Wildman–Crippen MR) is 62.0 cm³/mol. The van der Waals surface area contributed by atoms with Gasteiger partial charge >= 0.3 is 0 Å². The lowest BCUT2D eigenvalue weighted by Crippen LogP contribution is -1.79. The second-order valence-electron chi connectivity index (χ2n) is 4.00. The molecule has 0 radical (unpaired) electrons. The Morgan fingerprint density at radius 3 is 2.23 bits per heavy atom. The van der Waals surface area contributed by atoms with E-state index in [9.17, 15) is 0 Å². The van der Waals surface area contributed by atoms with Crippen LogP contribution >= 0.6 is 0 Å². The van der Waals surface area contributed by atoms with Crippen LogP contribution in [0, 0.1) is 0 Å². The van der Waals surface area contributed by atoms with E-state index in [4.69, 9.17) is 0 Å². The fraction of sp³-hybridized carbons (Fsp3) is 0.846. The van der Waals surface area contributed by atoms with E-state index in [2.05, 4.69) is 26.8 Å². The summed E-state index contributed by atoms with van der Waals surface area (Å²) in [6.45, 7) is 6.78. The molecule has 0 rings (SSSR count). The highest BCUT2D eigenvalue weighted by atomic mass is 14.0. The molecular weight excluding hydrogens is 156 g/mol. The van der Waals surface area contributed by atoms with E-state index in [1.165, 1.54) is 51.4 Å². The Labute approximate surface area is 84.4 Å². The molecule has 0 unspecified atom stereocenters. The van der Waals surface area contributed by atoms with Gasteiger partial charge < -0.3 is 0 Å². The average molecular weight is 182 g/mol. The maximum absolute atomic E-state index is 2.43. The molecule has 78 valence electrons. The van der Waals surface area contributed by atoms with Gasteiger partial charge in [0.25, 0.3) is 0 Å². The molecule has 0 atom stereocenters. The first kappa shape index (κ1) is 12.7. The van der Waals surface area contributed by atoms with Crippen molar-refractivity contribution in [1.29, 1.82) is 0 Å². The third-order valence-corrected chi connectivity index (χ3v) is 2.44. The lowest BCUT2D eigenvalue weighted by Gasteiger charge is -1.99. The summed E-state index contributed by atoms with van der Waals surface area (Å²) < 4.78 is 0. The summed E-state index contributed by atoms with van der Waals surface area (Å²) in [6.07, 6.45) is 13.3. The minimum Gasteiger partial charge on any atom is -0.0856 e. The topological polar surface area (TPSA) is 0 Å². The van der Waals surface area contributed by atoms with Gasteiger partial charge in [-0.05, 0) is 26.2 Å². The van der Waals surface area contributed by atoms with Crippen molar-refractivity contribution in [2.75, 3.05) is 0 Å². The van der Waals surface area contributed by atoms with Gasteiger partial charge in [0.15, 0.2) is 0 Å². The molecule has 0 aliphatic carbocycles. The smallest absolute Gasteiger partial charge is 0.0326 e. The number of hydrogen-bond donors (Lipinski definition) is 0. The van der Waals surface area contributed by atoms with Gasteiger partial charge in [0.05, 0.1) is 0 Å². The number of allylic oxidation sites excluding steroid dienone is 2. The van der Waals surface area contributed by atoms with E-state index in [1.54, 1.807) is 5.57 Å². The van der Waals surface area contributed by atoms with Gasteiger partial charge in [0, 0.05) is 0 Å². The Balaban J connectivity index is 3.18. The average Bonchev–Trinajstić information content (AvgIpc) is 2.11. The van der Waals surface area contributed by atoms with E-state index >= 15 is 0 Å². The molecule has 13 heavy (non-hydrogen) atoms. The lowest BCUT2D eigenvalue weighted by molar-refractivity contribution is 0.636. The summed E-state index contributed by atoms with van der Waals surface area (Å²) in [6, 6.07) is 0. The van der Waals surface area contributed by atoms with Crippen molar-refractivity contribution in [2.24, 2.45) is 0 Å². The maximum atomic E-state index is 2.43. The Bertz CT molecular complexity index is 122. The van der Waals surface area contributed by atoms with Crippen molar-refractivity contribution in [3.8, 4) is 0 Å². The lowest BCUT2D eigenvalue weighted by atomic mass is 10.1. The Kier molecular flexibility index (Phi) is 9.63. The van der Waals surface area contributed by atoms with Crippen molar-refractivity contribution >= 4 is 0 Å². The van der Waals surface area contributed by atoms with Crippen LogP contribution in [0.4, 0.5) is 0 Å². The number of unbranched alkanes of at least 4 members (excludes halogenated alkanes) is 5. The highest BCUT2D eigenvalue weighted by Gasteiger charge is 1.89. The second-order valence-corrected chi connectivity index (χ2v) is 4.00. The summed E-state index contributed by atoms with van der Waals surface area (Å²) in [5.41, 5.74) is 1.58. The number of rotatable bonds is 8. The standard InChI is InChI=1S/C13H26/c1-4-6-7-8-9-10-12-13(3)11-5-2/h12H,4-11H2,1-3H3. The molecule has 0 fully saturated rings. The molecule has 0 N–H and O–H groups in total. The van der Waals surface area contributed by atoms with E-state index < -0.39 is 0 Å². The molecule has 0 heteroatoms. The molecule has 0 aliphatic heterocycles. The number of hydrogen-bond acceptors (Lipinski definition) is 0. The molecule has 0 aromatic carbocycles. The summed E-state index contributed by atoms with van der Waals surface area (Å²) in [5.74, 6) is 0. The highest BCUT2D eigenvalue weighted by Crippen LogP contribution is 2.09. The van der Waals surface area contributed by atoms with Crippen molar-refractivity contribution < 1.29 is 0 Å². The quantitative estimate of drug-likeness (QED) is 0.362. The van der Waals surface area contributed by atoms with Crippen LogP contribution in [0.25, 0.3) is 0 Å². The zero-order valence-corrected chi connectivity index (χ0v) is 9.73. The fourth-order valence-corrected chi connectivity index (χ4v) is 1.59. The van der Waals surface area contributed by atoms with Crippen LogP contribution in [-0.4, -0.2) is 0 Å². The summed E-state index contributed by atoms with van der Waals surface area (Å²) in [5, 5.41) is 0. The van der Waals surface area contributed by atoms with Crippen molar-refractivity contribution in [1.82, 2.24) is 0 Å². The van der Waals surface area contributed by atoms with E-state index in [0.29, 0.717) is 0 Å². The summed E-state index contributed by atoms with van der Waals surface area (Å²) in [7, 11) is 0. The Morgan fingerprint density at radius 2 is 1.62 bits per heavy atom. The molecule has 0 heterocycles. The third-order valence-electron chi connectivity index (χ3n) is 2.44. The third kappa shape index (κ3) is 9.66. The maximum Gasteiger partial charge on any atom is -0.0326 e. The molecular formula is C13H26. The van der Waals surface area contributed by atoms with Gasteiger partial charge in [-0.15, -0.1) is 0 Å². The Hall–Kier alpha value is -0.260. The molecule has 0 aromatic rings. The molecule has 0 aromatic heterocycles. The van der Waals surface area contributed by atoms with Gasteiger partial charge in [-0.25, -0.2) is 0 Å². The second kappa shape index (κ2) is 9.83. The predicted octanol–water partition coefficient (Wildman–Crippen LogP) is 5.09. The van der Waals surface area contributed by atoms with Crippen LogP contribution in [-0.2, 0) is 0 Å². The van der Waals surface area contributed by atoms with Crippen LogP contribution in [0.1, 0.15) is 72.1 Å².